The summed E-state index contributed by atoms with van der Waals surface area (Å²) in [7, 11) is 0. The van der Waals surface area contributed by atoms with Gasteiger partial charge in [0.25, 0.3) is 0 Å². The Labute approximate surface area is 543 Å². The van der Waals surface area contributed by atoms with E-state index in [1.807, 2.05) is 17.6 Å². The van der Waals surface area contributed by atoms with Crippen LogP contribution in [0.2, 0.25) is 0 Å². The summed E-state index contributed by atoms with van der Waals surface area (Å²) in [6.07, 6.45) is 0. The first-order valence-electron chi connectivity index (χ1n) is 32.3. The second kappa shape index (κ2) is 20.0. The van der Waals surface area contributed by atoms with E-state index in [4.69, 9.17) is 4.42 Å². The Balaban J connectivity index is 0.0000000987. The van der Waals surface area contributed by atoms with E-state index >= 15 is 0 Å². The first-order valence-corrected chi connectivity index (χ1v) is 33.1. The zero-order valence-electron chi connectivity index (χ0n) is 51.5. The van der Waals surface area contributed by atoms with Crippen LogP contribution >= 0.6 is 11.5 Å². The maximum absolute atomic E-state index is 6.57. The molecule has 0 atom stereocenters. The fourth-order valence-corrected chi connectivity index (χ4v) is 17.2. The number of benzene rings is 14. The highest BCUT2D eigenvalue weighted by molar-refractivity contribution is 7.13. The lowest BCUT2D eigenvalue weighted by Gasteiger charge is -2.29. The normalized spacial score (nSPS) is 12.9. The van der Waals surface area contributed by atoms with Crippen molar-refractivity contribution in [1.82, 2.24) is 21.9 Å². The zero-order valence-corrected chi connectivity index (χ0v) is 52.3. The molecule has 0 amide bonds. The fourth-order valence-electron chi connectivity index (χ4n) is 16.1. The van der Waals surface area contributed by atoms with Crippen LogP contribution < -0.4 is 0 Å². The minimum atomic E-state index is -0.181. The highest BCUT2D eigenvalue weighted by atomic mass is 32.1. The van der Waals surface area contributed by atoms with Crippen LogP contribution in [0.5, 0.6) is 0 Å². The van der Waals surface area contributed by atoms with E-state index in [2.05, 4.69) is 339 Å². The predicted octanol–water partition coefficient (Wildman–Crippen LogP) is 23.9. The minimum absolute atomic E-state index is 0.181. The third-order valence-electron chi connectivity index (χ3n) is 20.1. The third-order valence-corrected chi connectivity index (χ3v) is 21.2. The van der Waals surface area contributed by atoms with Gasteiger partial charge in [-0.3, -0.25) is 3.79 Å². The summed E-state index contributed by atoms with van der Waals surface area (Å²) in [5.74, 6) is 0. The minimum Gasteiger partial charge on any atom is -0.454 e. The molecular formula is C87H57N5OS. The SMILES string of the molecule is CC1(C)c2cccc3c4ccccc4n(c23)-c2cccc3c4ccccc4n1c23.c1ccc(-c2cc(-c3ccccc3)cc(-n3c4ccccc4c4ccc5c6ccccc6oc5c43)c2)cc1.c1ccc2c(c1)sn1c3ccccc3c3ccc4c5ccccc5n2c4c31. The topological polar surface area (TPSA) is 36.8 Å². The highest BCUT2D eigenvalue weighted by Gasteiger charge is 2.35. The van der Waals surface area contributed by atoms with Gasteiger partial charge in [0, 0.05) is 81.4 Å². The lowest BCUT2D eigenvalue weighted by atomic mass is 9.91. The molecule has 0 bridgehead atoms. The smallest absolute Gasteiger partial charge is 0.160 e. The third kappa shape index (κ3) is 7.47. The first-order chi connectivity index (χ1) is 46.4. The van der Waals surface area contributed by atoms with Gasteiger partial charge in [0.2, 0.25) is 0 Å². The van der Waals surface area contributed by atoms with Gasteiger partial charge in [0.05, 0.1) is 71.1 Å². The summed E-state index contributed by atoms with van der Waals surface area (Å²) < 4.78 is 20.2. The van der Waals surface area contributed by atoms with E-state index < -0.39 is 0 Å². The molecule has 94 heavy (non-hydrogen) atoms. The Bertz CT molecular complexity index is 6640. The molecule has 0 aliphatic carbocycles. The van der Waals surface area contributed by atoms with Crippen molar-refractivity contribution in [3.8, 4) is 33.6 Å². The average Bonchev–Trinajstić information content (AvgIpc) is 1.54. The Morgan fingerprint density at radius 2 is 0.755 bits per heavy atom. The molecule has 442 valence electrons. The van der Waals surface area contributed by atoms with Crippen molar-refractivity contribution in [3.05, 3.63) is 315 Å². The van der Waals surface area contributed by atoms with E-state index in [0.29, 0.717) is 0 Å². The van der Waals surface area contributed by atoms with Crippen molar-refractivity contribution >= 4 is 153 Å². The van der Waals surface area contributed by atoms with Crippen molar-refractivity contribution in [3.63, 3.8) is 0 Å². The molecule has 14 aromatic carbocycles. The van der Waals surface area contributed by atoms with Crippen molar-refractivity contribution in [2.75, 3.05) is 0 Å². The van der Waals surface area contributed by atoms with Gasteiger partial charge in [-0.1, -0.05) is 242 Å². The lowest BCUT2D eigenvalue weighted by Crippen LogP contribution is -2.27. The maximum Gasteiger partial charge on any atom is 0.160 e. The van der Waals surface area contributed by atoms with Crippen LogP contribution in [0.25, 0.3) is 175 Å². The lowest BCUT2D eigenvalue weighted by molar-refractivity contribution is 0.470. The quantitative estimate of drug-likeness (QED) is 0.174. The summed E-state index contributed by atoms with van der Waals surface area (Å²) in [6.45, 7) is 4.72. The molecule has 0 fully saturated rings. The summed E-state index contributed by atoms with van der Waals surface area (Å²) in [5.41, 5.74) is 24.1. The van der Waals surface area contributed by atoms with Crippen molar-refractivity contribution in [1.29, 1.82) is 0 Å². The second-order valence-electron chi connectivity index (χ2n) is 25.5. The monoisotopic (exact) mass is 1220 g/mol. The molecule has 7 heteroatoms. The average molecular weight is 1220 g/mol. The van der Waals surface area contributed by atoms with Crippen LogP contribution in [0.15, 0.2) is 314 Å². The molecule has 0 unspecified atom stereocenters. The molecule has 0 spiro atoms. The molecule has 0 saturated heterocycles. The van der Waals surface area contributed by atoms with Crippen molar-refractivity contribution in [2.45, 2.75) is 19.4 Å². The molecule has 6 nitrogen and oxygen atoms in total. The molecule has 7 aromatic heterocycles. The number of nitrogens with zero attached hydrogens (tertiary/aromatic N) is 5. The van der Waals surface area contributed by atoms with Gasteiger partial charge in [-0.2, -0.15) is 0 Å². The van der Waals surface area contributed by atoms with E-state index in [0.717, 1.165) is 33.1 Å². The number of hydrogen-bond donors (Lipinski definition) is 0. The van der Waals surface area contributed by atoms with Crippen LogP contribution in [0.3, 0.4) is 0 Å². The van der Waals surface area contributed by atoms with Crippen LogP contribution in [0.1, 0.15) is 19.4 Å². The van der Waals surface area contributed by atoms with E-state index in [-0.39, 0.29) is 5.54 Å². The predicted molar refractivity (Wildman–Crippen MR) is 397 cm³/mol. The summed E-state index contributed by atoms with van der Waals surface area (Å²) in [6, 6.07) is 112. The van der Waals surface area contributed by atoms with Crippen LogP contribution in [0.4, 0.5) is 0 Å². The molecule has 8 heterocycles. The molecule has 0 radical (unpaired) electrons. The fraction of sp³-hybridized carbons (Fsp3) is 0.0345. The largest absolute Gasteiger partial charge is 0.454 e. The van der Waals surface area contributed by atoms with Crippen LogP contribution in [0, 0.1) is 0 Å². The number of hydrogen-bond acceptors (Lipinski definition) is 2. The molecule has 1 aliphatic heterocycles. The zero-order chi connectivity index (χ0) is 61.9. The number of fused-ring (bicyclic) bond motifs is 22. The molecule has 0 saturated carbocycles. The van der Waals surface area contributed by atoms with Gasteiger partial charge in [0.15, 0.2) is 5.58 Å². The Kier molecular flexibility index (Phi) is 11.3. The Morgan fingerprint density at radius 1 is 0.298 bits per heavy atom. The summed E-state index contributed by atoms with van der Waals surface area (Å²) in [5, 5.41) is 15.3. The number of aromatic nitrogens is 5. The van der Waals surface area contributed by atoms with Crippen molar-refractivity contribution in [2.24, 2.45) is 0 Å². The first kappa shape index (κ1) is 52.8. The number of rotatable bonds is 3. The maximum atomic E-state index is 6.57. The molecule has 0 N–H and O–H groups in total. The molecule has 1 aliphatic rings. The van der Waals surface area contributed by atoms with E-state index in [1.165, 1.54) is 147 Å². The van der Waals surface area contributed by atoms with E-state index in [1.54, 1.807) is 0 Å². The molecule has 22 rings (SSSR count). The summed E-state index contributed by atoms with van der Waals surface area (Å²) in [4.78, 5) is 0. The Hall–Kier alpha value is -11.9. The van der Waals surface area contributed by atoms with Gasteiger partial charge < -0.3 is 22.5 Å². The molecular weight excluding hydrogens is 1160 g/mol. The van der Waals surface area contributed by atoms with E-state index in [9.17, 15) is 0 Å². The van der Waals surface area contributed by atoms with Crippen LogP contribution in [-0.2, 0) is 5.54 Å². The van der Waals surface area contributed by atoms with Gasteiger partial charge in [-0.15, -0.1) is 0 Å². The van der Waals surface area contributed by atoms with Gasteiger partial charge in [-0.25, -0.2) is 0 Å². The van der Waals surface area contributed by atoms with Crippen molar-refractivity contribution < 1.29 is 4.42 Å². The number of furan rings is 1. The second-order valence-corrected chi connectivity index (χ2v) is 26.5. The van der Waals surface area contributed by atoms with Crippen LogP contribution in [-0.4, -0.2) is 21.9 Å². The molecule has 21 aromatic rings. The Morgan fingerprint density at radius 3 is 1.43 bits per heavy atom. The number of para-hydroxylation sites is 9. The van der Waals surface area contributed by atoms with Gasteiger partial charge in [-0.05, 0) is 115 Å². The highest BCUT2D eigenvalue weighted by Crippen LogP contribution is 2.49. The summed E-state index contributed by atoms with van der Waals surface area (Å²) >= 11 is 1.83. The standard InChI is InChI=1S/C36H23NO.C27H20N2.C24H14N2S/c1-3-11-24(12-4-1)26-21-27(25-13-5-2-6-14-25)23-28(22-26)37-33-17-9-7-15-29(33)31-19-20-32-30-16-8-10-18-34(30)38-36(32)35(31)37;1-27(2)21-13-7-11-19-17-9-3-5-14-22(17)28(25(19)21)24-16-8-12-20-18-10-4-6-15-23(18)29(27)26(20)24;1-3-9-19-15(7-1)17-13-14-18-16-8-2-4-10-20(16)26-24(18)23(17)25(19)21-11-5-6-12-22(21)27-26/h1-23H;3-16H,1-2H3;1-14H. The van der Waals surface area contributed by atoms with Gasteiger partial charge >= 0.3 is 0 Å². The van der Waals surface area contributed by atoms with Gasteiger partial charge in [0.1, 0.15) is 5.58 Å².